The monoisotopic (exact) mass is 555 g/mol. The molecule has 2 amide bonds. The van der Waals surface area contributed by atoms with Crippen molar-refractivity contribution >= 4 is 17.6 Å². The smallest absolute Gasteiger partial charge is 0.290 e. The summed E-state index contributed by atoms with van der Waals surface area (Å²) in [5, 5.41) is 8.82. The van der Waals surface area contributed by atoms with Gasteiger partial charge in [-0.2, -0.15) is 0 Å². The summed E-state index contributed by atoms with van der Waals surface area (Å²) in [5.41, 5.74) is 2.55. The van der Waals surface area contributed by atoms with Gasteiger partial charge in [-0.25, -0.2) is 0 Å². The minimum atomic E-state index is -0.355. The van der Waals surface area contributed by atoms with Crippen molar-refractivity contribution in [1.29, 1.82) is 0 Å². The van der Waals surface area contributed by atoms with Gasteiger partial charge in [0.05, 0.1) is 19.1 Å². The summed E-state index contributed by atoms with van der Waals surface area (Å²) in [5.74, 6) is 2.51. The number of fused-ring (bicyclic) bond motifs is 1. The molecule has 2 aliphatic rings. The third-order valence-electron chi connectivity index (χ3n) is 7.15. The second kappa shape index (κ2) is 11.6. The van der Waals surface area contributed by atoms with Crippen molar-refractivity contribution < 1.29 is 28.2 Å². The van der Waals surface area contributed by atoms with Crippen molar-refractivity contribution in [3.8, 4) is 28.5 Å². The molecule has 11 heteroatoms. The summed E-state index contributed by atoms with van der Waals surface area (Å²) in [6.07, 6.45) is 1.44. The number of nitrogens with zero attached hydrogens (tertiary/aromatic N) is 5. The summed E-state index contributed by atoms with van der Waals surface area (Å²) in [6, 6.07) is 20.3. The Bertz CT molecular complexity index is 1500. The van der Waals surface area contributed by atoms with Gasteiger partial charge in [-0.15, -0.1) is 10.2 Å². The quantitative estimate of drug-likeness (QED) is 0.323. The van der Waals surface area contributed by atoms with Gasteiger partial charge in [-0.05, 0) is 66.2 Å². The number of furan rings is 1. The first kappa shape index (κ1) is 26.2. The highest BCUT2D eigenvalue weighted by Gasteiger charge is 2.27. The van der Waals surface area contributed by atoms with Crippen molar-refractivity contribution in [2.24, 2.45) is 0 Å². The van der Waals surface area contributed by atoms with Crippen LogP contribution in [0.15, 0.2) is 77.4 Å². The van der Waals surface area contributed by atoms with Crippen molar-refractivity contribution in [1.82, 2.24) is 20.0 Å². The van der Waals surface area contributed by atoms with E-state index in [1.165, 1.54) is 11.2 Å². The Hall–Kier alpha value is -5.06. The van der Waals surface area contributed by atoms with Gasteiger partial charge in [0.15, 0.2) is 23.1 Å². The number of rotatable bonds is 8. The fraction of sp³-hybridized carbons (Fsp3) is 0.267. The van der Waals surface area contributed by atoms with Gasteiger partial charge in [0.1, 0.15) is 12.3 Å². The predicted octanol–water partition coefficient (Wildman–Crippen LogP) is 3.47. The zero-order valence-electron chi connectivity index (χ0n) is 22.6. The molecule has 1 saturated heterocycles. The van der Waals surface area contributed by atoms with Crippen LogP contribution in [-0.4, -0.2) is 78.4 Å². The van der Waals surface area contributed by atoms with Crippen LogP contribution in [0.1, 0.15) is 16.1 Å². The summed E-state index contributed by atoms with van der Waals surface area (Å²) in [7, 11) is 1.63. The van der Waals surface area contributed by atoms with Gasteiger partial charge in [0.2, 0.25) is 12.7 Å². The first-order valence-corrected chi connectivity index (χ1v) is 13.3. The number of aromatic nitrogens is 2. The zero-order valence-corrected chi connectivity index (χ0v) is 22.6. The number of piperazine rings is 1. The predicted molar refractivity (Wildman–Crippen MR) is 149 cm³/mol. The number of methoxy groups -OCH3 is 1. The highest BCUT2D eigenvalue weighted by atomic mass is 16.7. The molecule has 4 heterocycles. The lowest BCUT2D eigenvalue weighted by Crippen LogP contribution is -2.52. The molecule has 0 unspecified atom stereocenters. The Kier molecular flexibility index (Phi) is 7.40. The molecule has 0 N–H and O–H groups in total. The lowest BCUT2D eigenvalue weighted by Gasteiger charge is -2.36. The van der Waals surface area contributed by atoms with E-state index < -0.39 is 0 Å². The van der Waals surface area contributed by atoms with Crippen molar-refractivity contribution in [2.45, 2.75) is 6.54 Å². The molecule has 4 aromatic rings. The van der Waals surface area contributed by atoms with Gasteiger partial charge < -0.3 is 33.3 Å². The highest BCUT2D eigenvalue weighted by Crippen LogP contribution is 2.33. The molecule has 0 saturated carbocycles. The van der Waals surface area contributed by atoms with E-state index >= 15 is 0 Å². The van der Waals surface area contributed by atoms with Gasteiger partial charge in [0, 0.05) is 38.3 Å². The number of carbonyl (C=O) groups is 2. The summed E-state index contributed by atoms with van der Waals surface area (Å²) in [4.78, 5) is 32.0. The first-order chi connectivity index (χ1) is 20.1. The lowest BCUT2D eigenvalue weighted by atomic mass is 10.1. The number of amides is 2. The van der Waals surface area contributed by atoms with Crippen LogP contribution in [0.25, 0.3) is 11.3 Å². The van der Waals surface area contributed by atoms with Crippen LogP contribution in [-0.2, 0) is 11.3 Å². The highest BCUT2D eigenvalue weighted by molar-refractivity contribution is 5.94. The van der Waals surface area contributed by atoms with E-state index in [0.29, 0.717) is 37.7 Å². The van der Waals surface area contributed by atoms with Crippen molar-refractivity contribution in [3.63, 3.8) is 0 Å². The fourth-order valence-corrected chi connectivity index (χ4v) is 4.87. The summed E-state index contributed by atoms with van der Waals surface area (Å²) >= 11 is 0. The van der Waals surface area contributed by atoms with Crippen LogP contribution < -0.4 is 19.1 Å². The maximum absolute atomic E-state index is 13.4. The molecular weight excluding hydrogens is 526 g/mol. The molecule has 0 bridgehead atoms. The van der Waals surface area contributed by atoms with Gasteiger partial charge in [0.25, 0.3) is 5.91 Å². The van der Waals surface area contributed by atoms with E-state index in [1.54, 1.807) is 30.2 Å². The molecule has 0 aliphatic carbocycles. The van der Waals surface area contributed by atoms with Crippen LogP contribution in [0.3, 0.4) is 0 Å². The number of hydrogen-bond donors (Lipinski definition) is 0. The molecule has 1 fully saturated rings. The Morgan fingerprint density at radius 2 is 1.73 bits per heavy atom. The molecule has 0 atom stereocenters. The zero-order chi connectivity index (χ0) is 28.2. The number of ether oxygens (including phenoxy) is 3. The van der Waals surface area contributed by atoms with E-state index in [2.05, 4.69) is 15.1 Å². The van der Waals surface area contributed by atoms with E-state index in [4.69, 9.17) is 18.6 Å². The molecule has 11 nitrogen and oxygen atoms in total. The van der Waals surface area contributed by atoms with Gasteiger partial charge in [-0.1, -0.05) is 6.07 Å². The average molecular weight is 556 g/mol. The molecule has 0 spiro atoms. The van der Waals surface area contributed by atoms with Crippen molar-refractivity contribution in [3.05, 3.63) is 84.3 Å². The fourth-order valence-electron chi connectivity index (χ4n) is 4.87. The average Bonchev–Trinajstić information content (AvgIpc) is 3.73. The van der Waals surface area contributed by atoms with Crippen LogP contribution in [0.5, 0.6) is 17.2 Å². The molecule has 210 valence electrons. The van der Waals surface area contributed by atoms with E-state index in [9.17, 15) is 9.59 Å². The van der Waals surface area contributed by atoms with Gasteiger partial charge in [-0.3, -0.25) is 9.59 Å². The number of benzene rings is 2. The normalized spacial score (nSPS) is 14.2. The summed E-state index contributed by atoms with van der Waals surface area (Å²) in [6.45, 7) is 2.54. The third-order valence-corrected chi connectivity index (χ3v) is 7.15. The standard InChI is InChI=1S/C30H29N5O6/c1-38-23-7-5-22(6-8-23)24-9-11-28(32-31-24)33-12-14-34(15-13-33)29(36)19-35(30(37)26-3-2-16-39-26)18-21-4-10-25-27(17-21)41-20-40-25/h2-11,16-17H,12-15,18-20H2,1H3. The second-order valence-corrected chi connectivity index (χ2v) is 9.70. The number of anilines is 1. The Morgan fingerprint density at radius 3 is 2.44 bits per heavy atom. The Labute approximate surface area is 236 Å². The van der Waals surface area contributed by atoms with Crippen LogP contribution in [0.4, 0.5) is 5.82 Å². The molecular formula is C30H29N5O6. The van der Waals surface area contributed by atoms with E-state index in [0.717, 1.165) is 28.4 Å². The van der Waals surface area contributed by atoms with Gasteiger partial charge >= 0.3 is 0 Å². The van der Waals surface area contributed by atoms with E-state index in [-0.39, 0.29) is 37.5 Å². The molecule has 2 aliphatic heterocycles. The molecule has 41 heavy (non-hydrogen) atoms. The molecule has 2 aromatic carbocycles. The Morgan fingerprint density at radius 1 is 0.927 bits per heavy atom. The maximum atomic E-state index is 13.4. The maximum Gasteiger partial charge on any atom is 0.290 e. The minimum Gasteiger partial charge on any atom is -0.497 e. The van der Waals surface area contributed by atoms with E-state index in [1.807, 2.05) is 48.5 Å². The Balaban J connectivity index is 1.08. The first-order valence-electron chi connectivity index (χ1n) is 13.3. The minimum absolute atomic E-state index is 0.0790. The van der Waals surface area contributed by atoms with Crippen LogP contribution in [0, 0.1) is 0 Å². The molecule has 0 radical (unpaired) electrons. The summed E-state index contributed by atoms with van der Waals surface area (Å²) < 4.78 is 21.4. The third kappa shape index (κ3) is 5.79. The van der Waals surface area contributed by atoms with Crippen LogP contribution in [0.2, 0.25) is 0 Å². The number of hydrogen-bond acceptors (Lipinski definition) is 9. The topological polar surface area (TPSA) is 110 Å². The lowest BCUT2D eigenvalue weighted by molar-refractivity contribution is -0.132. The second-order valence-electron chi connectivity index (χ2n) is 9.70. The molecule has 2 aromatic heterocycles. The largest absolute Gasteiger partial charge is 0.497 e. The molecule has 6 rings (SSSR count). The van der Waals surface area contributed by atoms with Crippen molar-refractivity contribution in [2.75, 3.05) is 51.5 Å². The van der Waals surface area contributed by atoms with Crippen LogP contribution >= 0.6 is 0 Å². The SMILES string of the molecule is COc1ccc(-c2ccc(N3CCN(C(=O)CN(Cc4ccc5c(c4)OCO5)C(=O)c4ccco4)CC3)nn2)cc1. The number of carbonyl (C=O) groups excluding carboxylic acids is 2.